The molecule has 0 saturated carbocycles. The normalized spacial score (nSPS) is 11.3. The smallest absolute Gasteiger partial charge is 0.272 e. The first-order valence-corrected chi connectivity index (χ1v) is 12.3. The first kappa shape index (κ1) is 21.9. The number of para-hydroxylation sites is 1. The minimum atomic E-state index is -0.204. The third-order valence-electron chi connectivity index (χ3n) is 6.46. The van der Waals surface area contributed by atoms with Gasteiger partial charge in [-0.2, -0.15) is 0 Å². The summed E-state index contributed by atoms with van der Waals surface area (Å²) in [6.45, 7) is 0. The van der Waals surface area contributed by atoms with Crippen molar-refractivity contribution in [2.45, 2.75) is 0 Å². The van der Waals surface area contributed by atoms with Crippen LogP contribution in [-0.2, 0) is 7.05 Å². The Balaban J connectivity index is 1.37. The summed E-state index contributed by atoms with van der Waals surface area (Å²) in [7, 11) is 3.48. The molecule has 178 valence electrons. The Kier molecular flexibility index (Phi) is 5.23. The number of ether oxygens (including phenoxy) is 1. The number of H-pyrrole nitrogens is 1. The summed E-state index contributed by atoms with van der Waals surface area (Å²) in [5.41, 5.74) is 12.4. The molecular weight excluding hydrogens is 470 g/mol. The van der Waals surface area contributed by atoms with E-state index < -0.39 is 0 Å². The predicted molar refractivity (Wildman–Crippen MR) is 147 cm³/mol. The van der Waals surface area contributed by atoms with Crippen molar-refractivity contribution in [2.24, 2.45) is 7.05 Å². The van der Waals surface area contributed by atoms with Crippen LogP contribution in [0, 0.1) is 0 Å². The number of thiophene rings is 1. The summed E-state index contributed by atoms with van der Waals surface area (Å²) in [6.07, 6.45) is 3.69. The summed E-state index contributed by atoms with van der Waals surface area (Å²) in [5, 5.41) is 7.01. The summed E-state index contributed by atoms with van der Waals surface area (Å²) in [4.78, 5) is 20.8. The fraction of sp³-hybridized carbons (Fsp3) is 0.0714. The minimum Gasteiger partial charge on any atom is -0.495 e. The second-order valence-electron chi connectivity index (χ2n) is 8.51. The van der Waals surface area contributed by atoms with E-state index >= 15 is 0 Å². The molecule has 0 atom stereocenters. The number of nitrogen functional groups attached to an aromatic ring is 1. The molecule has 0 aliphatic heterocycles. The van der Waals surface area contributed by atoms with Gasteiger partial charge < -0.3 is 25.3 Å². The zero-order valence-corrected chi connectivity index (χ0v) is 20.5. The van der Waals surface area contributed by atoms with Gasteiger partial charge in [0.25, 0.3) is 5.91 Å². The van der Waals surface area contributed by atoms with Crippen molar-refractivity contribution < 1.29 is 9.53 Å². The molecule has 0 saturated heterocycles. The number of pyridine rings is 1. The summed E-state index contributed by atoms with van der Waals surface area (Å²) in [6, 6.07) is 19.5. The molecule has 0 aliphatic carbocycles. The lowest BCUT2D eigenvalue weighted by Gasteiger charge is -2.13. The maximum Gasteiger partial charge on any atom is 0.272 e. The van der Waals surface area contributed by atoms with E-state index in [1.54, 1.807) is 24.6 Å². The molecule has 2 aromatic carbocycles. The Morgan fingerprint density at radius 2 is 1.97 bits per heavy atom. The average Bonchev–Trinajstić information content (AvgIpc) is 3.65. The number of aromatic amines is 1. The van der Waals surface area contributed by atoms with Crippen molar-refractivity contribution in [2.75, 3.05) is 18.2 Å². The molecule has 0 radical (unpaired) electrons. The monoisotopic (exact) mass is 493 g/mol. The summed E-state index contributed by atoms with van der Waals surface area (Å²) in [5.74, 6) is 0.833. The first-order valence-electron chi connectivity index (χ1n) is 11.4. The van der Waals surface area contributed by atoms with Gasteiger partial charge in [0.05, 0.1) is 12.8 Å². The molecule has 8 heteroatoms. The van der Waals surface area contributed by atoms with Crippen LogP contribution in [0.25, 0.3) is 43.4 Å². The van der Waals surface area contributed by atoms with Crippen LogP contribution < -0.4 is 15.8 Å². The van der Waals surface area contributed by atoms with Gasteiger partial charge in [-0.05, 0) is 47.3 Å². The number of hydrogen-bond acceptors (Lipinski definition) is 5. The van der Waals surface area contributed by atoms with Gasteiger partial charge in [-0.15, -0.1) is 11.3 Å². The van der Waals surface area contributed by atoms with Crippen LogP contribution in [0.5, 0.6) is 5.75 Å². The Labute approximate surface area is 211 Å². The Morgan fingerprint density at radius 1 is 1.11 bits per heavy atom. The number of hydrogen-bond donors (Lipinski definition) is 3. The van der Waals surface area contributed by atoms with Gasteiger partial charge >= 0.3 is 0 Å². The maximum absolute atomic E-state index is 13.1. The van der Waals surface area contributed by atoms with E-state index in [0.29, 0.717) is 22.9 Å². The number of aromatic nitrogens is 3. The fourth-order valence-corrected chi connectivity index (χ4v) is 5.74. The van der Waals surface area contributed by atoms with Crippen LogP contribution in [0.3, 0.4) is 0 Å². The number of fused-ring (bicyclic) bond motifs is 2. The van der Waals surface area contributed by atoms with Gasteiger partial charge in [0.15, 0.2) is 0 Å². The van der Waals surface area contributed by atoms with Crippen LogP contribution in [0.15, 0.2) is 78.4 Å². The van der Waals surface area contributed by atoms with E-state index in [2.05, 4.69) is 20.7 Å². The number of aryl methyl sites for hydroxylation is 1. The highest BCUT2D eigenvalue weighted by molar-refractivity contribution is 7.18. The zero-order chi connectivity index (χ0) is 24.8. The number of nitrogens with zero attached hydrogens (tertiary/aromatic N) is 2. The van der Waals surface area contributed by atoms with E-state index in [1.807, 2.05) is 78.5 Å². The number of methoxy groups -OCH3 is 1. The van der Waals surface area contributed by atoms with E-state index in [0.717, 1.165) is 43.4 Å². The molecule has 6 aromatic rings. The fourth-order valence-electron chi connectivity index (χ4n) is 4.62. The highest BCUT2D eigenvalue weighted by Crippen LogP contribution is 2.43. The van der Waals surface area contributed by atoms with Crippen molar-refractivity contribution in [3.05, 3.63) is 84.1 Å². The average molecular weight is 494 g/mol. The number of anilines is 2. The molecule has 4 heterocycles. The molecule has 1 amide bonds. The van der Waals surface area contributed by atoms with Gasteiger partial charge in [-0.1, -0.05) is 24.3 Å². The topological polar surface area (TPSA) is 98.0 Å². The molecular formula is C28H23N5O2S. The minimum absolute atomic E-state index is 0.204. The Bertz CT molecular complexity index is 1750. The van der Waals surface area contributed by atoms with E-state index in [9.17, 15) is 4.79 Å². The summed E-state index contributed by atoms with van der Waals surface area (Å²) < 4.78 is 8.62. The predicted octanol–water partition coefficient (Wildman–Crippen LogP) is 6.29. The van der Waals surface area contributed by atoms with Gasteiger partial charge in [0.2, 0.25) is 0 Å². The van der Waals surface area contributed by atoms with Gasteiger partial charge in [-0.25, -0.2) is 4.98 Å². The van der Waals surface area contributed by atoms with Crippen LogP contribution >= 0.6 is 11.3 Å². The molecule has 6 rings (SSSR count). The number of amides is 1. The third kappa shape index (κ3) is 3.50. The van der Waals surface area contributed by atoms with Crippen LogP contribution in [0.4, 0.5) is 11.5 Å². The van der Waals surface area contributed by atoms with Crippen molar-refractivity contribution in [3.8, 4) is 28.1 Å². The first-order chi connectivity index (χ1) is 17.5. The van der Waals surface area contributed by atoms with Crippen molar-refractivity contribution in [1.29, 1.82) is 0 Å². The lowest BCUT2D eigenvalue weighted by molar-refractivity contribution is 0.101. The highest BCUT2D eigenvalue weighted by Gasteiger charge is 2.19. The number of benzene rings is 2. The maximum atomic E-state index is 13.1. The zero-order valence-electron chi connectivity index (χ0n) is 19.7. The molecule has 4 aromatic heterocycles. The van der Waals surface area contributed by atoms with Crippen LogP contribution in [0.1, 0.15) is 10.5 Å². The van der Waals surface area contributed by atoms with Gasteiger partial charge in [0, 0.05) is 57.3 Å². The highest BCUT2D eigenvalue weighted by atomic mass is 32.1. The molecule has 7 nitrogen and oxygen atoms in total. The molecule has 0 spiro atoms. The van der Waals surface area contributed by atoms with Gasteiger partial charge in [0.1, 0.15) is 17.3 Å². The number of rotatable bonds is 5. The van der Waals surface area contributed by atoms with E-state index in [4.69, 9.17) is 10.5 Å². The molecule has 0 aliphatic rings. The van der Waals surface area contributed by atoms with Gasteiger partial charge in [-0.3, -0.25) is 4.79 Å². The molecule has 0 fully saturated rings. The Hall–Kier alpha value is -4.56. The molecule has 0 unspecified atom stereocenters. The quantitative estimate of drug-likeness (QED) is 0.263. The lowest BCUT2D eigenvalue weighted by atomic mass is 10.0. The van der Waals surface area contributed by atoms with E-state index in [1.165, 1.54) is 0 Å². The third-order valence-corrected chi connectivity index (χ3v) is 7.47. The van der Waals surface area contributed by atoms with Crippen molar-refractivity contribution >= 4 is 49.7 Å². The second kappa shape index (κ2) is 8.58. The number of nitrogens with two attached hydrogens (primary N) is 1. The number of carbonyl (C=O) groups excluding carboxylic acids is 1. The van der Waals surface area contributed by atoms with Crippen LogP contribution in [-0.4, -0.2) is 27.6 Å². The van der Waals surface area contributed by atoms with Crippen molar-refractivity contribution in [1.82, 2.24) is 14.5 Å². The number of nitrogens with one attached hydrogen (secondary N) is 2. The van der Waals surface area contributed by atoms with E-state index in [-0.39, 0.29) is 5.91 Å². The largest absolute Gasteiger partial charge is 0.495 e. The second-order valence-corrected chi connectivity index (χ2v) is 9.39. The summed E-state index contributed by atoms with van der Waals surface area (Å²) >= 11 is 1.62. The SMILES string of the molecule is COc1cc(-c2csc3c(-c4ccc[nH]4)cnc(N)c23)ccc1NC(=O)c1cc2ccccc2n1C. The molecule has 0 bridgehead atoms. The lowest BCUT2D eigenvalue weighted by Crippen LogP contribution is -2.16. The van der Waals surface area contributed by atoms with Crippen LogP contribution in [0.2, 0.25) is 0 Å². The number of carbonyl (C=O) groups is 1. The van der Waals surface area contributed by atoms with Crippen molar-refractivity contribution in [3.63, 3.8) is 0 Å². The standard InChI is InChI=1S/C28H23N5O2S/c1-33-22-8-4-3-6-17(22)12-23(33)28(34)32-21-10-9-16(13-24(21)35-2)19-15-36-26-18(20-7-5-11-30-20)14-31-27(29)25(19)26/h3-15,30H,1-2H3,(H2,29,31)(H,32,34). The molecule has 36 heavy (non-hydrogen) atoms. The molecule has 4 N–H and O–H groups in total. The Morgan fingerprint density at radius 3 is 2.75 bits per heavy atom.